The molecule has 1 saturated heterocycles. The molecule has 1 aromatic heterocycles. The third-order valence-corrected chi connectivity index (χ3v) is 5.66. The zero-order valence-electron chi connectivity index (χ0n) is 15.5. The topological polar surface area (TPSA) is 68.4 Å². The van der Waals surface area contributed by atoms with Gasteiger partial charge in [0.15, 0.2) is 0 Å². The van der Waals surface area contributed by atoms with E-state index in [4.69, 9.17) is 10.5 Å². The van der Waals surface area contributed by atoms with Gasteiger partial charge in [0.25, 0.3) is 0 Å². The Hall–Kier alpha value is -1.83. The summed E-state index contributed by atoms with van der Waals surface area (Å²) in [5.41, 5.74) is 7.25. The molecule has 0 radical (unpaired) electrons. The number of alkyl halides is 3. The average molecular weight is 385 g/mol. The third kappa shape index (κ3) is 4.91. The maximum absolute atomic E-state index is 12.8. The van der Waals surface area contributed by atoms with Gasteiger partial charge in [0.1, 0.15) is 6.10 Å². The first kappa shape index (κ1) is 19.9. The maximum Gasteiger partial charge on any atom is 0.391 e. The van der Waals surface area contributed by atoms with Crippen LogP contribution in [0.1, 0.15) is 49.8 Å². The number of amides is 1. The van der Waals surface area contributed by atoms with Crippen LogP contribution in [0.4, 0.5) is 13.2 Å². The highest BCUT2D eigenvalue weighted by Crippen LogP contribution is 2.38. The molecule has 2 N–H and O–H groups in total. The second-order valence-corrected chi connectivity index (χ2v) is 7.56. The Morgan fingerprint density at radius 2 is 1.96 bits per heavy atom. The molecule has 0 bridgehead atoms. The molecule has 1 aliphatic heterocycles. The van der Waals surface area contributed by atoms with Gasteiger partial charge in [-0.25, -0.2) is 4.98 Å². The van der Waals surface area contributed by atoms with Crippen LogP contribution < -0.4 is 10.5 Å². The number of pyridine rings is 1. The lowest BCUT2D eigenvalue weighted by molar-refractivity contribution is -0.185. The Labute approximate surface area is 157 Å². The molecule has 2 fully saturated rings. The van der Waals surface area contributed by atoms with Gasteiger partial charge in [-0.3, -0.25) is 9.69 Å². The standard InChI is InChI=1S/C19H26F3N3O2/c1-12-13(11-25-10-2-3-16(25)18(23)26)4-9-17(24-12)27-15-7-5-14(6-8-15)19(20,21)22/h4,9,14-16H,2-3,5-8,10-11H2,1H3,(H2,23,26). The van der Waals surface area contributed by atoms with Gasteiger partial charge in [-0.15, -0.1) is 0 Å². The number of rotatable bonds is 5. The van der Waals surface area contributed by atoms with E-state index in [1.807, 2.05) is 13.0 Å². The fourth-order valence-electron chi connectivity index (χ4n) is 4.03. The first-order valence-electron chi connectivity index (χ1n) is 9.47. The fourth-order valence-corrected chi connectivity index (χ4v) is 4.03. The Balaban J connectivity index is 1.57. The first-order chi connectivity index (χ1) is 12.7. The summed E-state index contributed by atoms with van der Waals surface area (Å²) < 4.78 is 44.1. The molecular weight excluding hydrogens is 359 g/mol. The molecule has 3 rings (SSSR count). The van der Waals surface area contributed by atoms with Crippen LogP contribution in [0, 0.1) is 12.8 Å². The Morgan fingerprint density at radius 3 is 2.56 bits per heavy atom. The van der Waals surface area contributed by atoms with Crippen LogP contribution in [0.3, 0.4) is 0 Å². The van der Waals surface area contributed by atoms with Gasteiger partial charge in [0.05, 0.1) is 12.0 Å². The largest absolute Gasteiger partial charge is 0.474 e. The summed E-state index contributed by atoms with van der Waals surface area (Å²) in [7, 11) is 0. The van der Waals surface area contributed by atoms with Crippen molar-refractivity contribution in [1.82, 2.24) is 9.88 Å². The van der Waals surface area contributed by atoms with Crippen molar-refractivity contribution >= 4 is 5.91 Å². The summed E-state index contributed by atoms with van der Waals surface area (Å²) in [4.78, 5) is 18.0. The minimum Gasteiger partial charge on any atom is -0.474 e. The molecule has 150 valence electrons. The minimum absolute atomic E-state index is 0.106. The molecule has 1 saturated carbocycles. The predicted octanol–water partition coefficient (Wildman–Crippen LogP) is 3.34. The van der Waals surface area contributed by atoms with Gasteiger partial charge < -0.3 is 10.5 Å². The highest BCUT2D eigenvalue weighted by Gasteiger charge is 2.41. The van der Waals surface area contributed by atoms with E-state index in [1.54, 1.807) is 6.07 Å². The van der Waals surface area contributed by atoms with Gasteiger partial charge in [-0.2, -0.15) is 13.2 Å². The van der Waals surface area contributed by atoms with E-state index in [0.29, 0.717) is 25.3 Å². The molecule has 1 atom stereocenters. The molecule has 1 amide bonds. The molecule has 8 heteroatoms. The third-order valence-electron chi connectivity index (χ3n) is 5.66. The number of nitrogens with two attached hydrogens (primary N) is 1. The number of hydrogen-bond acceptors (Lipinski definition) is 4. The second kappa shape index (κ2) is 8.04. The first-order valence-corrected chi connectivity index (χ1v) is 9.47. The SMILES string of the molecule is Cc1nc(OC2CCC(C(F)(F)F)CC2)ccc1CN1CCCC1C(N)=O. The summed E-state index contributed by atoms with van der Waals surface area (Å²) in [5, 5.41) is 0. The van der Waals surface area contributed by atoms with Crippen molar-refractivity contribution in [2.45, 2.75) is 70.3 Å². The predicted molar refractivity (Wildman–Crippen MR) is 94.0 cm³/mol. The molecule has 5 nitrogen and oxygen atoms in total. The fraction of sp³-hybridized carbons (Fsp3) is 0.684. The van der Waals surface area contributed by atoms with Gasteiger partial charge in [-0.05, 0) is 57.6 Å². The normalized spacial score (nSPS) is 26.9. The monoisotopic (exact) mass is 385 g/mol. The quantitative estimate of drug-likeness (QED) is 0.844. The van der Waals surface area contributed by atoms with Crippen molar-refractivity contribution in [1.29, 1.82) is 0 Å². The number of nitrogens with zero attached hydrogens (tertiary/aromatic N) is 2. The maximum atomic E-state index is 12.8. The number of likely N-dealkylation sites (tertiary alicyclic amines) is 1. The zero-order chi connectivity index (χ0) is 19.6. The van der Waals surface area contributed by atoms with Crippen molar-refractivity contribution in [3.63, 3.8) is 0 Å². The lowest BCUT2D eigenvalue weighted by atomic mass is 9.87. The van der Waals surface area contributed by atoms with E-state index in [0.717, 1.165) is 30.6 Å². The Morgan fingerprint density at radius 1 is 1.26 bits per heavy atom. The summed E-state index contributed by atoms with van der Waals surface area (Å²) in [6.45, 7) is 3.30. The van der Waals surface area contributed by atoms with Crippen LogP contribution in [-0.2, 0) is 11.3 Å². The van der Waals surface area contributed by atoms with Crippen molar-refractivity contribution in [3.8, 4) is 5.88 Å². The van der Waals surface area contributed by atoms with Gasteiger partial charge in [0, 0.05) is 18.3 Å². The van der Waals surface area contributed by atoms with Crippen LogP contribution in [0.25, 0.3) is 0 Å². The molecule has 2 aliphatic rings. The molecule has 1 aromatic rings. The smallest absolute Gasteiger partial charge is 0.391 e. The number of carbonyl (C=O) groups is 1. The zero-order valence-corrected chi connectivity index (χ0v) is 15.5. The second-order valence-electron chi connectivity index (χ2n) is 7.56. The van der Waals surface area contributed by atoms with Crippen molar-refractivity contribution in [2.24, 2.45) is 11.7 Å². The van der Waals surface area contributed by atoms with Crippen molar-refractivity contribution in [2.75, 3.05) is 6.54 Å². The van der Waals surface area contributed by atoms with Crippen LogP contribution in [0.2, 0.25) is 0 Å². The molecular formula is C19H26F3N3O2. The summed E-state index contributed by atoms with van der Waals surface area (Å²) in [5.74, 6) is -1.07. The molecule has 2 heterocycles. The van der Waals surface area contributed by atoms with Crippen LogP contribution in [-0.4, -0.2) is 40.7 Å². The van der Waals surface area contributed by atoms with Gasteiger partial charge in [0.2, 0.25) is 11.8 Å². The van der Waals surface area contributed by atoms with E-state index in [1.165, 1.54) is 0 Å². The lowest BCUT2D eigenvalue weighted by Gasteiger charge is -2.30. The summed E-state index contributed by atoms with van der Waals surface area (Å²) in [6, 6.07) is 3.44. The van der Waals surface area contributed by atoms with Crippen LogP contribution in [0.5, 0.6) is 5.88 Å². The van der Waals surface area contributed by atoms with Crippen LogP contribution in [0.15, 0.2) is 12.1 Å². The number of aryl methyl sites for hydroxylation is 1. The van der Waals surface area contributed by atoms with E-state index in [2.05, 4.69) is 9.88 Å². The number of aromatic nitrogens is 1. The number of hydrogen-bond donors (Lipinski definition) is 1. The molecule has 0 spiro atoms. The molecule has 27 heavy (non-hydrogen) atoms. The van der Waals surface area contributed by atoms with Gasteiger partial charge in [-0.1, -0.05) is 6.07 Å². The Kier molecular flexibility index (Phi) is 5.93. The Bertz CT molecular complexity index is 673. The highest BCUT2D eigenvalue weighted by atomic mass is 19.4. The summed E-state index contributed by atoms with van der Waals surface area (Å²) in [6.07, 6.45) is -1.62. The number of halogens is 3. The van der Waals surface area contributed by atoms with Crippen molar-refractivity contribution < 1.29 is 22.7 Å². The molecule has 0 aromatic carbocycles. The number of primary amides is 1. The number of ether oxygens (including phenoxy) is 1. The van der Waals surface area contributed by atoms with E-state index in [9.17, 15) is 18.0 Å². The van der Waals surface area contributed by atoms with E-state index in [-0.39, 0.29) is 30.9 Å². The van der Waals surface area contributed by atoms with Gasteiger partial charge >= 0.3 is 6.18 Å². The summed E-state index contributed by atoms with van der Waals surface area (Å²) >= 11 is 0. The van der Waals surface area contributed by atoms with Crippen LogP contribution >= 0.6 is 0 Å². The van der Waals surface area contributed by atoms with Crippen molar-refractivity contribution in [3.05, 3.63) is 23.4 Å². The van der Waals surface area contributed by atoms with E-state index < -0.39 is 12.1 Å². The highest BCUT2D eigenvalue weighted by molar-refractivity contribution is 5.80. The molecule has 1 unspecified atom stereocenters. The minimum atomic E-state index is -4.11. The lowest BCUT2D eigenvalue weighted by Crippen LogP contribution is -2.39. The average Bonchev–Trinajstić information content (AvgIpc) is 3.05. The molecule has 1 aliphatic carbocycles. The number of carbonyl (C=O) groups excluding carboxylic acids is 1. The van der Waals surface area contributed by atoms with E-state index >= 15 is 0 Å².